The number of aliphatic hydroxyl groups is 1. The monoisotopic (exact) mass is 232 g/mol. The summed E-state index contributed by atoms with van der Waals surface area (Å²) in [6.07, 6.45) is 2.08. The number of anilines is 1. The highest BCUT2D eigenvalue weighted by atomic mass is 19.1. The average molecular weight is 232 g/mol. The van der Waals surface area contributed by atoms with E-state index >= 15 is 0 Å². The molecule has 4 heteroatoms. The zero-order valence-electron chi connectivity index (χ0n) is 9.39. The third kappa shape index (κ3) is 2.26. The Morgan fingerprint density at radius 2 is 2.06 bits per heavy atom. The molecular formula is C13H13FN2O. The number of pyridine rings is 1. The van der Waals surface area contributed by atoms with Crippen LogP contribution in [0.3, 0.4) is 0 Å². The molecule has 2 aromatic rings. The molecule has 0 saturated heterocycles. The van der Waals surface area contributed by atoms with Crippen molar-refractivity contribution >= 4 is 5.69 Å². The highest BCUT2D eigenvalue weighted by Gasteiger charge is 2.16. The van der Waals surface area contributed by atoms with E-state index in [0.717, 1.165) is 5.56 Å². The van der Waals surface area contributed by atoms with Gasteiger partial charge < -0.3 is 10.8 Å². The first-order valence-electron chi connectivity index (χ1n) is 5.23. The Morgan fingerprint density at radius 3 is 2.76 bits per heavy atom. The number of aliphatic hydroxyl groups excluding tert-OH is 1. The van der Waals surface area contributed by atoms with Crippen LogP contribution in [0.15, 0.2) is 36.7 Å². The summed E-state index contributed by atoms with van der Waals surface area (Å²) in [4.78, 5) is 3.91. The van der Waals surface area contributed by atoms with Gasteiger partial charge in [0.2, 0.25) is 0 Å². The predicted octanol–water partition coefficient (Wildman–Crippen LogP) is 2.19. The van der Waals surface area contributed by atoms with Crippen LogP contribution in [-0.2, 0) is 0 Å². The molecule has 0 aliphatic carbocycles. The number of nitrogen functional groups attached to an aromatic ring is 1. The lowest BCUT2D eigenvalue weighted by Crippen LogP contribution is -2.06. The van der Waals surface area contributed by atoms with Crippen molar-refractivity contribution in [3.63, 3.8) is 0 Å². The second kappa shape index (κ2) is 4.51. The van der Waals surface area contributed by atoms with Crippen LogP contribution in [0, 0.1) is 12.7 Å². The number of rotatable bonds is 2. The lowest BCUT2D eigenvalue weighted by molar-refractivity contribution is 0.219. The quantitative estimate of drug-likeness (QED) is 0.834. The van der Waals surface area contributed by atoms with Gasteiger partial charge in [0.25, 0.3) is 0 Å². The van der Waals surface area contributed by atoms with Crippen LogP contribution in [0.4, 0.5) is 10.1 Å². The Hall–Kier alpha value is -1.94. The minimum Gasteiger partial charge on any atom is -0.398 e. The van der Waals surface area contributed by atoms with E-state index < -0.39 is 6.10 Å². The number of benzene rings is 1. The Bertz CT molecular complexity index is 543. The minimum atomic E-state index is -0.959. The Balaban J connectivity index is 2.47. The lowest BCUT2D eigenvalue weighted by Gasteiger charge is -2.15. The fraction of sp³-hybridized carbons (Fsp3) is 0.154. The number of aromatic nitrogens is 1. The molecule has 0 amide bonds. The molecule has 1 aromatic carbocycles. The van der Waals surface area contributed by atoms with Gasteiger partial charge >= 0.3 is 0 Å². The molecule has 0 saturated carbocycles. The molecule has 1 unspecified atom stereocenters. The van der Waals surface area contributed by atoms with Crippen molar-refractivity contribution in [1.29, 1.82) is 0 Å². The smallest absolute Gasteiger partial charge is 0.123 e. The molecule has 0 spiro atoms. The van der Waals surface area contributed by atoms with Gasteiger partial charge in [-0.05, 0) is 36.2 Å². The maximum absolute atomic E-state index is 13.2. The predicted molar refractivity (Wildman–Crippen MR) is 63.8 cm³/mol. The zero-order valence-corrected chi connectivity index (χ0v) is 9.39. The topological polar surface area (TPSA) is 59.1 Å². The molecule has 17 heavy (non-hydrogen) atoms. The normalized spacial score (nSPS) is 12.4. The number of aryl methyl sites for hydroxylation is 1. The lowest BCUT2D eigenvalue weighted by atomic mass is 9.97. The van der Waals surface area contributed by atoms with E-state index in [1.165, 1.54) is 18.3 Å². The number of hydrogen-bond donors (Lipinski definition) is 2. The summed E-state index contributed by atoms with van der Waals surface area (Å²) >= 11 is 0. The van der Waals surface area contributed by atoms with Crippen LogP contribution < -0.4 is 5.73 Å². The fourth-order valence-electron chi connectivity index (χ4n) is 1.72. The molecule has 0 aliphatic heterocycles. The van der Waals surface area contributed by atoms with Gasteiger partial charge in [-0.2, -0.15) is 0 Å². The van der Waals surface area contributed by atoms with E-state index in [1.54, 1.807) is 18.3 Å². The molecule has 0 bridgehead atoms. The van der Waals surface area contributed by atoms with Gasteiger partial charge in [-0.15, -0.1) is 0 Å². The van der Waals surface area contributed by atoms with Gasteiger partial charge in [-0.3, -0.25) is 4.98 Å². The summed E-state index contributed by atoms with van der Waals surface area (Å²) in [6, 6.07) is 5.90. The molecule has 88 valence electrons. The molecular weight excluding hydrogens is 219 g/mol. The molecule has 2 rings (SSSR count). The molecule has 1 atom stereocenters. The summed E-state index contributed by atoms with van der Waals surface area (Å²) in [6.45, 7) is 1.81. The first-order chi connectivity index (χ1) is 8.09. The second-order valence-corrected chi connectivity index (χ2v) is 3.91. The van der Waals surface area contributed by atoms with Crippen molar-refractivity contribution in [2.24, 2.45) is 0 Å². The fourth-order valence-corrected chi connectivity index (χ4v) is 1.72. The van der Waals surface area contributed by atoms with Crippen molar-refractivity contribution in [2.75, 3.05) is 5.73 Å². The van der Waals surface area contributed by atoms with E-state index in [9.17, 15) is 9.50 Å². The summed E-state index contributed by atoms with van der Waals surface area (Å²) in [5, 5.41) is 10.2. The van der Waals surface area contributed by atoms with Crippen molar-refractivity contribution in [1.82, 2.24) is 4.98 Å². The van der Waals surface area contributed by atoms with Crippen molar-refractivity contribution < 1.29 is 9.50 Å². The molecule has 3 N–H and O–H groups in total. The zero-order chi connectivity index (χ0) is 12.4. The number of nitrogens with two attached hydrogens (primary N) is 1. The molecule has 0 aliphatic rings. The van der Waals surface area contributed by atoms with Crippen LogP contribution in [-0.4, -0.2) is 10.1 Å². The average Bonchev–Trinajstić information content (AvgIpc) is 2.32. The van der Waals surface area contributed by atoms with Crippen molar-refractivity contribution in [2.45, 2.75) is 13.0 Å². The number of nitrogens with zero attached hydrogens (tertiary/aromatic N) is 1. The summed E-state index contributed by atoms with van der Waals surface area (Å²) in [7, 11) is 0. The SMILES string of the molecule is Cc1ccc(F)cc1C(O)c1cnccc1N. The van der Waals surface area contributed by atoms with Crippen molar-refractivity contribution in [3.8, 4) is 0 Å². The number of hydrogen-bond acceptors (Lipinski definition) is 3. The van der Waals surface area contributed by atoms with E-state index in [4.69, 9.17) is 5.73 Å². The molecule has 0 fully saturated rings. The van der Waals surface area contributed by atoms with Crippen molar-refractivity contribution in [3.05, 3.63) is 59.2 Å². The highest BCUT2D eigenvalue weighted by molar-refractivity contribution is 5.49. The minimum absolute atomic E-state index is 0.382. The van der Waals surface area contributed by atoms with E-state index in [-0.39, 0.29) is 5.82 Å². The van der Waals surface area contributed by atoms with E-state index in [1.807, 2.05) is 6.92 Å². The Morgan fingerprint density at radius 1 is 1.29 bits per heavy atom. The maximum Gasteiger partial charge on any atom is 0.123 e. The summed E-state index contributed by atoms with van der Waals surface area (Å²) in [5.74, 6) is -0.382. The maximum atomic E-state index is 13.2. The highest BCUT2D eigenvalue weighted by Crippen LogP contribution is 2.28. The van der Waals surface area contributed by atoms with Crippen LogP contribution in [0.1, 0.15) is 22.8 Å². The largest absolute Gasteiger partial charge is 0.398 e. The van der Waals surface area contributed by atoms with Crippen LogP contribution in [0.2, 0.25) is 0 Å². The first-order valence-corrected chi connectivity index (χ1v) is 5.23. The van der Waals surface area contributed by atoms with Gasteiger partial charge in [0, 0.05) is 23.6 Å². The second-order valence-electron chi connectivity index (χ2n) is 3.91. The number of halogens is 1. The van der Waals surface area contributed by atoms with Crippen LogP contribution in [0.5, 0.6) is 0 Å². The van der Waals surface area contributed by atoms with Gasteiger partial charge in [-0.25, -0.2) is 4.39 Å². The van der Waals surface area contributed by atoms with Crippen LogP contribution >= 0.6 is 0 Å². The molecule has 3 nitrogen and oxygen atoms in total. The molecule has 1 heterocycles. The Labute approximate surface area is 98.7 Å². The first kappa shape index (κ1) is 11.5. The summed E-state index contributed by atoms with van der Waals surface area (Å²) < 4.78 is 13.2. The summed E-state index contributed by atoms with van der Waals surface area (Å²) in [5.41, 5.74) is 7.99. The van der Waals surface area contributed by atoms with Gasteiger partial charge in [0.1, 0.15) is 11.9 Å². The van der Waals surface area contributed by atoms with Gasteiger partial charge in [0.05, 0.1) is 0 Å². The molecule has 1 aromatic heterocycles. The Kier molecular flexibility index (Phi) is 3.06. The third-order valence-corrected chi connectivity index (χ3v) is 2.72. The van der Waals surface area contributed by atoms with Gasteiger partial charge in [0.15, 0.2) is 0 Å². The van der Waals surface area contributed by atoms with Gasteiger partial charge in [-0.1, -0.05) is 6.07 Å². The van der Waals surface area contributed by atoms with E-state index in [2.05, 4.69) is 4.98 Å². The molecule has 0 radical (unpaired) electrons. The van der Waals surface area contributed by atoms with Crippen LogP contribution in [0.25, 0.3) is 0 Å². The van der Waals surface area contributed by atoms with E-state index in [0.29, 0.717) is 16.8 Å². The third-order valence-electron chi connectivity index (χ3n) is 2.72. The standard InChI is InChI=1S/C13H13FN2O/c1-8-2-3-9(14)6-10(8)13(17)11-7-16-5-4-12(11)15/h2-7,13,17H,1H3,(H2,15,16).